The van der Waals surface area contributed by atoms with E-state index in [9.17, 15) is 9.90 Å². The van der Waals surface area contributed by atoms with Gasteiger partial charge in [-0.05, 0) is 20.2 Å². The Morgan fingerprint density at radius 3 is 2.68 bits per heavy atom. The first-order chi connectivity index (χ1) is 10.5. The van der Waals surface area contributed by atoms with E-state index < -0.39 is 5.97 Å². The van der Waals surface area contributed by atoms with Gasteiger partial charge in [0.25, 0.3) is 0 Å². The van der Waals surface area contributed by atoms with Gasteiger partial charge in [0.1, 0.15) is 6.61 Å². The topological polar surface area (TPSA) is 75.5 Å². The quantitative estimate of drug-likeness (QED) is 0.880. The van der Waals surface area contributed by atoms with E-state index in [0.29, 0.717) is 29.3 Å². The number of nitrogens with zero attached hydrogens (tertiary/aromatic N) is 3. The monoisotopic (exact) mass is 321 g/mol. The molecule has 0 atom stereocenters. The zero-order valence-electron chi connectivity index (χ0n) is 12.3. The molecule has 0 aliphatic rings. The molecule has 0 saturated carbocycles. The van der Waals surface area contributed by atoms with Gasteiger partial charge in [-0.2, -0.15) is 4.98 Å². The van der Waals surface area contributed by atoms with Crippen LogP contribution in [0.5, 0.6) is 6.01 Å². The molecule has 0 unspecified atom stereocenters. The summed E-state index contributed by atoms with van der Waals surface area (Å²) in [5, 5.41) is 9.80. The second-order valence-electron chi connectivity index (χ2n) is 4.85. The second-order valence-corrected chi connectivity index (χ2v) is 5.26. The average Bonchev–Trinajstić information content (AvgIpc) is 2.47. The Kier molecular flexibility index (Phi) is 5.30. The second kappa shape index (κ2) is 7.20. The van der Waals surface area contributed by atoms with Crippen LogP contribution in [0, 0.1) is 0 Å². The van der Waals surface area contributed by atoms with Crippen LogP contribution in [0.1, 0.15) is 10.5 Å². The van der Waals surface area contributed by atoms with Crippen LogP contribution in [-0.4, -0.2) is 53.2 Å². The predicted octanol–water partition coefficient (Wildman–Crippen LogP) is 2.44. The summed E-state index contributed by atoms with van der Waals surface area (Å²) in [5.41, 5.74) is 0.794. The summed E-state index contributed by atoms with van der Waals surface area (Å²) < 4.78 is 5.37. The highest BCUT2D eigenvalue weighted by molar-refractivity contribution is 6.33. The van der Waals surface area contributed by atoms with Crippen LogP contribution < -0.4 is 4.74 Å². The van der Waals surface area contributed by atoms with E-state index in [1.54, 1.807) is 24.3 Å². The molecule has 0 spiro atoms. The molecule has 22 heavy (non-hydrogen) atoms. The fourth-order valence-electron chi connectivity index (χ4n) is 1.79. The molecule has 0 aliphatic carbocycles. The molecule has 0 saturated heterocycles. The fourth-order valence-corrected chi connectivity index (χ4v) is 2.03. The minimum absolute atomic E-state index is 0.0371. The molecule has 2 aromatic rings. The molecule has 0 fully saturated rings. The first kappa shape index (κ1) is 16.2. The Labute approximate surface area is 133 Å². The van der Waals surface area contributed by atoms with E-state index in [0.717, 1.165) is 0 Å². The maximum Gasteiger partial charge on any atom is 0.355 e. The van der Waals surface area contributed by atoms with Gasteiger partial charge in [0, 0.05) is 28.9 Å². The number of hydrogen-bond donors (Lipinski definition) is 1. The smallest absolute Gasteiger partial charge is 0.355 e. The zero-order valence-corrected chi connectivity index (χ0v) is 13.0. The van der Waals surface area contributed by atoms with E-state index in [1.807, 2.05) is 19.0 Å². The van der Waals surface area contributed by atoms with E-state index in [1.165, 1.54) is 6.20 Å². The van der Waals surface area contributed by atoms with Crippen molar-refractivity contribution < 1.29 is 14.6 Å². The third-order valence-electron chi connectivity index (χ3n) is 2.90. The largest absolute Gasteiger partial charge is 0.476 e. The maximum absolute atomic E-state index is 11.4. The van der Waals surface area contributed by atoms with Crippen LogP contribution in [0.4, 0.5) is 0 Å². The summed E-state index contributed by atoms with van der Waals surface area (Å²) in [6, 6.07) is 6.99. The highest BCUT2D eigenvalue weighted by Crippen LogP contribution is 2.29. The van der Waals surface area contributed by atoms with Gasteiger partial charge < -0.3 is 14.7 Å². The Morgan fingerprint density at radius 1 is 1.32 bits per heavy atom. The lowest BCUT2D eigenvalue weighted by atomic mass is 10.1. The van der Waals surface area contributed by atoms with Crippen molar-refractivity contribution in [3.05, 3.63) is 41.2 Å². The summed E-state index contributed by atoms with van der Waals surface area (Å²) >= 11 is 6.11. The van der Waals surface area contributed by atoms with Gasteiger partial charge >= 0.3 is 12.0 Å². The molecule has 0 radical (unpaired) electrons. The van der Waals surface area contributed by atoms with E-state index in [-0.39, 0.29) is 11.7 Å². The number of benzene rings is 1. The summed E-state index contributed by atoms with van der Waals surface area (Å²) in [5.74, 6) is -1.16. The predicted molar refractivity (Wildman–Crippen MR) is 83.5 cm³/mol. The Balaban J connectivity index is 2.32. The SMILES string of the molecule is CN(C)CCOc1ncc(-c2ccccc2Cl)c(C(=O)O)n1. The lowest BCUT2D eigenvalue weighted by Gasteiger charge is -2.11. The van der Waals surface area contributed by atoms with Crippen LogP contribution in [-0.2, 0) is 0 Å². The van der Waals surface area contributed by atoms with Crippen molar-refractivity contribution in [1.29, 1.82) is 0 Å². The van der Waals surface area contributed by atoms with Gasteiger partial charge in [-0.3, -0.25) is 0 Å². The molecule has 0 bridgehead atoms. The number of likely N-dealkylation sites (N-methyl/N-ethyl adjacent to an activating group) is 1. The Bertz CT molecular complexity index is 677. The molecule has 1 heterocycles. The van der Waals surface area contributed by atoms with Gasteiger partial charge in [0.05, 0.1) is 0 Å². The number of halogens is 1. The van der Waals surface area contributed by atoms with Gasteiger partial charge in [-0.15, -0.1) is 0 Å². The number of carboxylic acids is 1. The average molecular weight is 322 g/mol. The van der Waals surface area contributed by atoms with Gasteiger partial charge in [0.15, 0.2) is 5.69 Å². The molecule has 7 heteroatoms. The number of rotatable bonds is 6. The molecule has 1 N–H and O–H groups in total. The van der Waals surface area contributed by atoms with Crippen molar-refractivity contribution >= 4 is 17.6 Å². The van der Waals surface area contributed by atoms with Crippen LogP contribution in [0.25, 0.3) is 11.1 Å². The normalized spacial score (nSPS) is 10.7. The standard InChI is InChI=1S/C15H16ClN3O3/c1-19(2)7-8-22-15-17-9-11(13(18-15)14(20)21)10-5-3-4-6-12(10)16/h3-6,9H,7-8H2,1-2H3,(H,20,21). The summed E-state index contributed by atoms with van der Waals surface area (Å²) in [4.78, 5) is 21.4. The molecular weight excluding hydrogens is 306 g/mol. The van der Waals surface area contributed by atoms with Crippen molar-refractivity contribution in [1.82, 2.24) is 14.9 Å². The zero-order chi connectivity index (χ0) is 16.1. The molecule has 116 valence electrons. The number of hydrogen-bond acceptors (Lipinski definition) is 5. The van der Waals surface area contributed by atoms with Gasteiger partial charge in [-0.1, -0.05) is 29.8 Å². The van der Waals surface area contributed by atoms with Crippen LogP contribution >= 0.6 is 11.6 Å². The molecular formula is C15H16ClN3O3. The number of carbonyl (C=O) groups is 1. The molecule has 0 amide bonds. The number of ether oxygens (including phenoxy) is 1. The van der Waals surface area contributed by atoms with Gasteiger partial charge in [0.2, 0.25) is 0 Å². The molecule has 6 nitrogen and oxygen atoms in total. The van der Waals surface area contributed by atoms with E-state index in [4.69, 9.17) is 16.3 Å². The minimum Gasteiger partial charge on any atom is -0.476 e. The summed E-state index contributed by atoms with van der Waals surface area (Å²) in [6.07, 6.45) is 1.42. The maximum atomic E-state index is 11.4. The number of aromatic carboxylic acids is 1. The van der Waals surface area contributed by atoms with Crippen LogP contribution in [0.2, 0.25) is 5.02 Å². The van der Waals surface area contributed by atoms with Crippen molar-refractivity contribution in [2.45, 2.75) is 0 Å². The van der Waals surface area contributed by atoms with Crippen molar-refractivity contribution in [3.63, 3.8) is 0 Å². The van der Waals surface area contributed by atoms with Crippen LogP contribution in [0.15, 0.2) is 30.5 Å². The van der Waals surface area contributed by atoms with E-state index >= 15 is 0 Å². The first-order valence-electron chi connectivity index (χ1n) is 6.62. The van der Waals surface area contributed by atoms with Crippen LogP contribution in [0.3, 0.4) is 0 Å². The fraction of sp³-hybridized carbons (Fsp3) is 0.267. The van der Waals surface area contributed by atoms with Crippen molar-refractivity contribution in [2.24, 2.45) is 0 Å². The van der Waals surface area contributed by atoms with E-state index in [2.05, 4.69) is 9.97 Å². The lowest BCUT2D eigenvalue weighted by Crippen LogP contribution is -2.20. The first-order valence-corrected chi connectivity index (χ1v) is 6.99. The third kappa shape index (κ3) is 3.93. The highest BCUT2D eigenvalue weighted by atomic mass is 35.5. The highest BCUT2D eigenvalue weighted by Gasteiger charge is 2.18. The summed E-state index contributed by atoms with van der Waals surface area (Å²) in [6.45, 7) is 1.05. The Morgan fingerprint density at radius 2 is 2.05 bits per heavy atom. The van der Waals surface area contributed by atoms with Crippen molar-refractivity contribution in [3.8, 4) is 17.1 Å². The lowest BCUT2D eigenvalue weighted by molar-refractivity contribution is 0.0689. The Hall–Kier alpha value is -2.18. The number of carboxylic acid groups (broad SMARTS) is 1. The number of aromatic nitrogens is 2. The van der Waals surface area contributed by atoms with Crippen molar-refractivity contribution in [2.75, 3.05) is 27.2 Å². The summed E-state index contributed by atoms with van der Waals surface area (Å²) in [7, 11) is 3.82. The molecule has 0 aliphatic heterocycles. The molecule has 1 aromatic carbocycles. The third-order valence-corrected chi connectivity index (χ3v) is 3.23. The minimum atomic E-state index is -1.16. The molecule has 2 rings (SSSR count). The van der Waals surface area contributed by atoms with Gasteiger partial charge in [-0.25, -0.2) is 9.78 Å². The molecule has 1 aromatic heterocycles.